The van der Waals surface area contributed by atoms with Crippen molar-refractivity contribution in [2.45, 2.75) is 12.8 Å². The van der Waals surface area contributed by atoms with Crippen LogP contribution >= 0.6 is 11.3 Å². The van der Waals surface area contributed by atoms with Crippen molar-refractivity contribution in [3.05, 3.63) is 35.2 Å². The van der Waals surface area contributed by atoms with Crippen molar-refractivity contribution in [1.29, 1.82) is 0 Å². The highest BCUT2D eigenvalue weighted by Crippen LogP contribution is 2.24. The van der Waals surface area contributed by atoms with Gasteiger partial charge < -0.3 is 15.8 Å². The molecule has 0 bridgehead atoms. The van der Waals surface area contributed by atoms with E-state index in [4.69, 9.17) is 5.11 Å². The molecule has 0 aliphatic carbocycles. The Labute approximate surface area is 139 Å². The average molecular weight is 331 g/mol. The Hall–Kier alpha value is -1.92. The van der Waals surface area contributed by atoms with Crippen molar-refractivity contribution in [2.75, 3.05) is 19.6 Å². The summed E-state index contributed by atoms with van der Waals surface area (Å²) in [5.74, 6) is -0.554. The van der Waals surface area contributed by atoms with Crippen molar-refractivity contribution in [3.63, 3.8) is 0 Å². The molecule has 122 valence electrons. The van der Waals surface area contributed by atoms with E-state index in [0.29, 0.717) is 12.5 Å². The Morgan fingerprint density at radius 3 is 3.17 bits per heavy atom. The number of benzene rings is 1. The summed E-state index contributed by atoms with van der Waals surface area (Å²) >= 11 is 1.72. The lowest BCUT2D eigenvalue weighted by Crippen LogP contribution is -2.40. The van der Waals surface area contributed by atoms with E-state index in [2.05, 4.69) is 33.4 Å². The van der Waals surface area contributed by atoms with Crippen LogP contribution in [-0.4, -0.2) is 36.9 Å². The molecule has 2 atom stereocenters. The lowest BCUT2D eigenvalue weighted by atomic mass is 9.88. The monoisotopic (exact) mass is 331 g/mol. The molecule has 5 nitrogen and oxygen atoms in total. The van der Waals surface area contributed by atoms with Crippen LogP contribution in [0.1, 0.15) is 18.4 Å². The van der Waals surface area contributed by atoms with Crippen LogP contribution in [0.3, 0.4) is 0 Å². The minimum Gasteiger partial charge on any atom is -0.481 e. The van der Waals surface area contributed by atoms with Gasteiger partial charge in [0.15, 0.2) is 0 Å². The first kappa shape index (κ1) is 16.0. The fourth-order valence-corrected chi connectivity index (χ4v) is 3.90. The molecule has 1 fully saturated rings. The smallest absolute Gasteiger partial charge is 0.307 e. The van der Waals surface area contributed by atoms with Crippen molar-refractivity contribution in [3.8, 4) is 0 Å². The molecular weight excluding hydrogens is 310 g/mol. The van der Waals surface area contributed by atoms with Gasteiger partial charge in [-0.05, 0) is 31.4 Å². The largest absolute Gasteiger partial charge is 0.481 e. The van der Waals surface area contributed by atoms with Crippen molar-refractivity contribution in [2.24, 2.45) is 16.9 Å². The average Bonchev–Trinajstić information content (AvgIpc) is 2.98. The molecule has 0 unspecified atom stereocenters. The molecule has 1 aromatic carbocycles. The Kier molecular flexibility index (Phi) is 5.25. The summed E-state index contributed by atoms with van der Waals surface area (Å²) in [4.78, 5) is 11.0. The highest BCUT2D eigenvalue weighted by molar-refractivity contribution is 7.17. The second kappa shape index (κ2) is 7.57. The zero-order chi connectivity index (χ0) is 16.1. The summed E-state index contributed by atoms with van der Waals surface area (Å²) in [7, 11) is 0. The molecule has 0 radical (unpaired) electrons. The van der Waals surface area contributed by atoms with E-state index < -0.39 is 5.97 Å². The van der Waals surface area contributed by atoms with E-state index in [0.717, 1.165) is 31.5 Å². The first-order valence-corrected chi connectivity index (χ1v) is 8.77. The summed E-state index contributed by atoms with van der Waals surface area (Å²) in [6.07, 6.45) is 3.54. The van der Waals surface area contributed by atoms with Gasteiger partial charge in [0, 0.05) is 34.1 Å². The van der Waals surface area contributed by atoms with Gasteiger partial charge in [0.2, 0.25) is 0 Å². The van der Waals surface area contributed by atoms with Crippen LogP contribution in [0.15, 0.2) is 34.7 Å². The number of nitrogens with zero attached hydrogens (tertiary/aromatic N) is 1. The molecule has 0 amide bonds. The van der Waals surface area contributed by atoms with Crippen molar-refractivity contribution >= 4 is 33.6 Å². The minimum atomic E-state index is -0.697. The van der Waals surface area contributed by atoms with E-state index >= 15 is 0 Å². The van der Waals surface area contributed by atoms with E-state index in [1.54, 1.807) is 11.3 Å². The van der Waals surface area contributed by atoms with Gasteiger partial charge in [-0.2, -0.15) is 5.10 Å². The zero-order valence-corrected chi connectivity index (χ0v) is 13.7. The van der Waals surface area contributed by atoms with Crippen molar-refractivity contribution < 1.29 is 9.90 Å². The molecule has 3 N–H and O–H groups in total. The third kappa shape index (κ3) is 4.09. The number of thiophene rings is 1. The zero-order valence-electron chi connectivity index (χ0n) is 12.9. The van der Waals surface area contributed by atoms with Crippen molar-refractivity contribution in [1.82, 2.24) is 10.7 Å². The SMILES string of the molecule is O=C(O)[C@H]1CNC[C@H](CCN/N=C/c2csc3ccccc23)C1. The van der Waals surface area contributed by atoms with Gasteiger partial charge in [0.1, 0.15) is 0 Å². The third-order valence-electron chi connectivity index (χ3n) is 4.26. The van der Waals surface area contributed by atoms with Crippen LogP contribution in [-0.2, 0) is 4.79 Å². The molecule has 1 saturated heterocycles. The molecule has 3 rings (SSSR count). The highest BCUT2D eigenvalue weighted by atomic mass is 32.1. The van der Waals surface area contributed by atoms with Gasteiger partial charge in [0.25, 0.3) is 0 Å². The van der Waals surface area contributed by atoms with Gasteiger partial charge in [-0.15, -0.1) is 11.3 Å². The topological polar surface area (TPSA) is 73.7 Å². The minimum absolute atomic E-state index is 0.255. The number of hydrogen-bond donors (Lipinski definition) is 3. The molecule has 1 aromatic heterocycles. The summed E-state index contributed by atoms with van der Waals surface area (Å²) in [5, 5.41) is 19.9. The van der Waals surface area contributed by atoms with E-state index in [1.807, 2.05) is 18.3 Å². The number of piperidine rings is 1. The number of carboxylic acid groups (broad SMARTS) is 1. The lowest BCUT2D eigenvalue weighted by molar-refractivity contribution is -0.142. The molecule has 1 aliphatic heterocycles. The van der Waals surface area contributed by atoms with E-state index in [9.17, 15) is 4.79 Å². The number of carboxylic acids is 1. The van der Waals surface area contributed by atoms with Crippen LogP contribution in [0.25, 0.3) is 10.1 Å². The molecule has 0 spiro atoms. The van der Waals surface area contributed by atoms with E-state index in [-0.39, 0.29) is 5.92 Å². The second-order valence-electron chi connectivity index (χ2n) is 5.94. The van der Waals surface area contributed by atoms with Gasteiger partial charge >= 0.3 is 5.97 Å². The fourth-order valence-electron chi connectivity index (χ4n) is 2.99. The number of aliphatic carboxylic acids is 1. The normalized spacial score (nSPS) is 21.7. The highest BCUT2D eigenvalue weighted by Gasteiger charge is 2.26. The molecule has 0 saturated carbocycles. The van der Waals surface area contributed by atoms with Crippen LogP contribution in [0.2, 0.25) is 0 Å². The Balaban J connectivity index is 1.45. The molecule has 1 aliphatic rings. The number of rotatable bonds is 6. The number of nitrogens with one attached hydrogen (secondary N) is 2. The fraction of sp³-hybridized carbons (Fsp3) is 0.412. The maximum absolute atomic E-state index is 11.0. The Bertz CT molecular complexity index is 698. The maximum atomic E-state index is 11.0. The number of hydrazone groups is 1. The van der Waals surface area contributed by atoms with Gasteiger partial charge in [-0.25, -0.2) is 0 Å². The first-order chi connectivity index (χ1) is 11.2. The van der Waals surface area contributed by atoms with Crippen LogP contribution in [0.4, 0.5) is 0 Å². The molecule has 6 heteroatoms. The number of fused-ring (bicyclic) bond motifs is 1. The summed E-state index contributed by atoms with van der Waals surface area (Å²) in [6.45, 7) is 2.24. The summed E-state index contributed by atoms with van der Waals surface area (Å²) < 4.78 is 1.27. The summed E-state index contributed by atoms with van der Waals surface area (Å²) in [5.41, 5.74) is 4.21. The third-order valence-corrected chi connectivity index (χ3v) is 5.24. The Morgan fingerprint density at radius 2 is 2.30 bits per heavy atom. The van der Waals surface area contributed by atoms with Crippen LogP contribution in [0, 0.1) is 11.8 Å². The number of hydrogen-bond acceptors (Lipinski definition) is 5. The first-order valence-electron chi connectivity index (χ1n) is 7.89. The van der Waals surface area contributed by atoms with Gasteiger partial charge in [-0.1, -0.05) is 18.2 Å². The van der Waals surface area contributed by atoms with Crippen LogP contribution < -0.4 is 10.7 Å². The lowest BCUT2D eigenvalue weighted by Gasteiger charge is -2.27. The maximum Gasteiger partial charge on any atom is 0.307 e. The Morgan fingerprint density at radius 1 is 1.43 bits per heavy atom. The molecule has 2 aromatic rings. The standard InChI is InChI=1S/C17H21N3O2S/c21-17(22)13-7-12(8-18-9-13)5-6-19-20-10-14-11-23-16-4-2-1-3-15(14)16/h1-4,10-13,18-19H,5-9H2,(H,21,22)/b20-10+/t12-,13-/m1/s1. The molecule has 2 heterocycles. The summed E-state index contributed by atoms with van der Waals surface area (Å²) in [6, 6.07) is 8.29. The van der Waals surface area contributed by atoms with Crippen LogP contribution in [0.5, 0.6) is 0 Å². The van der Waals surface area contributed by atoms with Gasteiger partial charge in [-0.3, -0.25) is 4.79 Å². The predicted octanol–water partition coefficient (Wildman–Crippen LogP) is 2.53. The predicted molar refractivity (Wildman–Crippen MR) is 94.1 cm³/mol. The second-order valence-corrected chi connectivity index (χ2v) is 6.85. The van der Waals surface area contributed by atoms with Gasteiger partial charge in [0.05, 0.1) is 12.1 Å². The van der Waals surface area contributed by atoms with E-state index in [1.165, 1.54) is 10.1 Å². The molecular formula is C17H21N3O2S. The quantitative estimate of drug-likeness (QED) is 0.432. The molecule has 23 heavy (non-hydrogen) atoms. The number of carbonyl (C=O) groups is 1.